The van der Waals surface area contributed by atoms with E-state index in [-0.39, 0.29) is 0 Å². The number of aromatic nitrogens is 2. The molecule has 0 fully saturated rings. The first-order valence-electron chi connectivity index (χ1n) is 8.55. The van der Waals surface area contributed by atoms with E-state index in [0.29, 0.717) is 31.3 Å². The van der Waals surface area contributed by atoms with Crippen LogP contribution in [0.4, 0.5) is 0 Å². The normalized spacial score (nSPS) is 11.6. The Bertz CT molecular complexity index is 1320. The van der Waals surface area contributed by atoms with Crippen LogP contribution in [-0.4, -0.2) is 9.97 Å². The average molecular weight is 457 g/mol. The Labute approximate surface area is 186 Å². The molecule has 0 aliphatic heterocycles. The van der Waals surface area contributed by atoms with Crippen molar-refractivity contribution in [1.29, 1.82) is 5.26 Å². The highest BCUT2D eigenvalue weighted by Gasteiger charge is 2.12. The lowest BCUT2D eigenvalue weighted by Crippen LogP contribution is -1.89. The highest BCUT2D eigenvalue weighted by Crippen LogP contribution is 2.32. The van der Waals surface area contributed by atoms with Gasteiger partial charge in [0.2, 0.25) is 0 Å². The van der Waals surface area contributed by atoms with Crippen molar-refractivity contribution in [2.45, 2.75) is 6.92 Å². The van der Waals surface area contributed by atoms with Gasteiger partial charge in [-0.3, -0.25) is 0 Å². The van der Waals surface area contributed by atoms with E-state index >= 15 is 0 Å². The predicted octanol–water partition coefficient (Wildman–Crippen LogP) is 7.69. The molecule has 4 aromatic rings. The summed E-state index contributed by atoms with van der Waals surface area (Å²) in [6.45, 7) is 1.99. The monoisotopic (exact) mass is 455 g/mol. The number of nitrogens with zero attached hydrogens (tertiary/aromatic N) is 3. The van der Waals surface area contributed by atoms with Crippen molar-refractivity contribution in [3.8, 4) is 17.3 Å². The predicted molar refractivity (Wildman–Crippen MR) is 123 cm³/mol. The fourth-order valence-corrected chi connectivity index (χ4v) is 4.21. The van der Waals surface area contributed by atoms with Gasteiger partial charge in [0.25, 0.3) is 0 Å². The number of benzene rings is 2. The van der Waals surface area contributed by atoms with Crippen LogP contribution in [0.3, 0.4) is 0 Å². The van der Waals surface area contributed by atoms with Gasteiger partial charge in [0.15, 0.2) is 0 Å². The maximum Gasteiger partial charge on any atom is 0.137 e. The quantitative estimate of drug-likeness (QED) is 0.234. The molecule has 2 heterocycles. The molecule has 0 saturated heterocycles. The van der Waals surface area contributed by atoms with Gasteiger partial charge in [0.05, 0.1) is 26.8 Å². The summed E-state index contributed by atoms with van der Waals surface area (Å²) in [6.07, 6.45) is 1.72. The fraction of sp³-hybridized carbons (Fsp3) is 0.0455. The van der Waals surface area contributed by atoms with Gasteiger partial charge in [-0.1, -0.05) is 59.1 Å². The molecule has 0 N–H and O–H groups in total. The summed E-state index contributed by atoms with van der Waals surface area (Å²) in [5, 5.41) is 14.4. The number of para-hydroxylation sites is 1. The van der Waals surface area contributed by atoms with Gasteiger partial charge in [-0.05, 0) is 36.8 Å². The SMILES string of the molecule is Cc1cccc2cc(C=C(C#N)c3nc(-c4ccc(Cl)c(Cl)c4)cs3)c(Cl)nc12. The van der Waals surface area contributed by atoms with Crippen molar-refractivity contribution in [2.24, 2.45) is 0 Å². The number of halogens is 3. The van der Waals surface area contributed by atoms with E-state index in [4.69, 9.17) is 34.8 Å². The van der Waals surface area contributed by atoms with Crippen LogP contribution in [0.5, 0.6) is 0 Å². The third-order valence-electron chi connectivity index (χ3n) is 4.40. The van der Waals surface area contributed by atoms with Crippen LogP contribution >= 0.6 is 46.1 Å². The van der Waals surface area contributed by atoms with Gasteiger partial charge in [0.1, 0.15) is 16.2 Å². The molecule has 0 radical (unpaired) electrons. The van der Waals surface area contributed by atoms with E-state index in [9.17, 15) is 5.26 Å². The Kier molecular flexibility index (Phi) is 5.58. The number of aryl methyl sites for hydroxylation is 1. The summed E-state index contributed by atoms with van der Waals surface area (Å²) >= 11 is 19.8. The van der Waals surface area contributed by atoms with E-state index in [2.05, 4.69) is 16.0 Å². The molecule has 3 nitrogen and oxygen atoms in total. The maximum absolute atomic E-state index is 9.70. The van der Waals surface area contributed by atoms with Gasteiger partial charge in [0, 0.05) is 21.9 Å². The first kappa shape index (κ1) is 19.9. The zero-order chi connectivity index (χ0) is 20.5. The van der Waals surface area contributed by atoms with Crippen LogP contribution in [-0.2, 0) is 0 Å². The second-order valence-electron chi connectivity index (χ2n) is 6.35. The third-order valence-corrected chi connectivity index (χ3v) is 6.32. The maximum atomic E-state index is 9.70. The first-order chi connectivity index (χ1) is 14.0. The van der Waals surface area contributed by atoms with Crippen molar-refractivity contribution in [2.75, 3.05) is 0 Å². The summed E-state index contributed by atoms with van der Waals surface area (Å²) in [5.74, 6) is 0. The van der Waals surface area contributed by atoms with Crippen LogP contribution in [0.15, 0.2) is 47.8 Å². The van der Waals surface area contributed by atoms with Gasteiger partial charge in [-0.2, -0.15) is 5.26 Å². The van der Waals surface area contributed by atoms with E-state index in [1.54, 1.807) is 18.2 Å². The van der Waals surface area contributed by atoms with E-state index in [1.165, 1.54) is 11.3 Å². The summed E-state index contributed by atoms with van der Waals surface area (Å²) < 4.78 is 0. The lowest BCUT2D eigenvalue weighted by atomic mass is 10.1. The van der Waals surface area contributed by atoms with Gasteiger partial charge in [-0.25, -0.2) is 9.97 Å². The van der Waals surface area contributed by atoms with E-state index in [0.717, 1.165) is 27.7 Å². The topological polar surface area (TPSA) is 49.6 Å². The number of fused-ring (bicyclic) bond motifs is 1. The molecule has 29 heavy (non-hydrogen) atoms. The molecule has 0 unspecified atom stereocenters. The Hall–Kier alpha value is -2.42. The third kappa shape index (κ3) is 4.01. The van der Waals surface area contributed by atoms with Crippen molar-refractivity contribution < 1.29 is 0 Å². The molecule has 4 rings (SSSR count). The second-order valence-corrected chi connectivity index (χ2v) is 8.38. The largest absolute Gasteiger partial charge is 0.235 e. The molecule has 0 amide bonds. The van der Waals surface area contributed by atoms with Gasteiger partial charge >= 0.3 is 0 Å². The number of pyridine rings is 1. The molecule has 2 aromatic heterocycles. The van der Waals surface area contributed by atoms with Gasteiger partial charge < -0.3 is 0 Å². The minimum Gasteiger partial charge on any atom is -0.235 e. The number of hydrogen-bond donors (Lipinski definition) is 0. The minimum absolute atomic E-state index is 0.348. The lowest BCUT2D eigenvalue weighted by Gasteiger charge is -2.05. The second kappa shape index (κ2) is 8.14. The van der Waals surface area contributed by atoms with Crippen LogP contribution < -0.4 is 0 Å². The van der Waals surface area contributed by atoms with Crippen molar-refractivity contribution in [3.63, 3.8) is 0 Å². The molecular formula is C22H12Cl3N3S. The lowest BCUT2D eigenvalue weighted by molar-refractivity contribution is 1.35. The molecule has 0 atom stereocenters. The zero-order valence-corrected chi connectivity index (χ0v) is 18.2. The van der Waals surface area contributed by atoms with Gasteiger partial charge in [-0.15, -0.1) is 11.3 Å². The molecule has 0 bridgehead atoms. The Morgan fingerprint density at radius 3 is 2.66 bits per heavy atom. The molecule has 0 aliphatic rings. The molecular weight excluding hydrogens is 445 g/mol. The molecule has 0 saturated carbocycles. The summed E-state index contributed by atoms with van der Waals surface area (Å²) in [5.41, 5.74) is 4.55. The Balaban J connectivity index is 1.75. The molecule has 2 aromatic carbocycles. The Morgan fingerprint density at radius 1 is 1.07 bits per heavy atom. The van der Waals surface area contributed by atoms with Crippen molar-refractivity contribution in [3.05, 3.63) is 79.2 Å². The van der Waals surface area contributed by atoms with Crippen LogP contribution in [0, 0.1) is 18.3 Å². The summed E-state index contributed by atoms with van der Waals surface area (Å²) in [6, 6.07) is 15.4. The molecule has 0 spiro atoms. The van der Waals surface area contributed by atoms with Crippen LogP contribution in [0.1, 0.15) is 16.1 Å². The number of nitriles is 1. The number of thiazole rings is 1. The summed E-state index contributed by atoms with van der Waals surface area (Å²) in [4.78, 5) is 9.08. The smallest absolute Gasteiger partial charge is 0.137 e. The van der Waals surface area contributed by atoms with Crippen LogP contribution in [0.25, 0.3) is 33.8 Å². The highest BCUT2D eigenvalue weighted by molar-refractivity contribution is 7.11. The number of hydrogen-bond acceptors (Lipinski definition) is 4. The zero-order valence-electron chi connectivity index (χ0n) is 15.1. The van der Waals surface area contributed by atoms with Crippen molar-refractivity contribution in [1.82, 2.24) is 9.97 Å². The molecule has 7 heteroatoms. The van der Waals surface area contributed by atoms with E-state index in [1.807, 2.05) is 42.6 Å². The average Bonchev–Trinajstić information content (AvgIpc) is 3.19. The Morgan fingerprint density at radius 2 is 1.90 bits per heavy atom. The van der Waals surface area contributed by atoms with Crippen molar-refractivity contribution >= 4 is 68.7 Å². The van der Waals surface area contributed by atoms with Crippen LogP contribution in [0.2, 0.25) is 15.2 Å². The minimum atomic E-state index is 0.348. The highest BCUT2D eigenvalue weighted by atomic mass is 35.5. The number of rotatable bonds is 3. The molecule has 0 aliphatic carbocycles. The van der Waals surface area contributed by atoms with E-state index < -0.39 is 0 Å². The fourth-order valence-electron chi connectivity index (χ4n) is 2.92. The standard InChI is InChI=1S/C22H12Cl3N3S/c1-12-3-2-4-14-7-15(21(25)28-20(12)14)8-16(10-26)22-27-19(11-29-22)13-5-6-17(23)18(24)9-13/h2-9,11H,1H3. The number of allylic oxidation sites excluding steroid dienone is 1. The molecule has 142 valence electrons. The summed E-state index contributed by atoms with van der Waals surface area (Å²) in [7, 11) is 0. The first-order valence-corrected chi connectivity index (χ1v) is 10.6.